The number of carbonyl (C=O) groups excluding carboxylic acids is 1. The maximum Gasteiger partial charge on any atom is 0.333 e. The summed E-state index contributed by atoms with van der Waals surface area (Å²) in [5, 5.41) is 10.2. The Labute approximate surface area is 175 Å². The molecule has 3 saturated carbocycles. The lowest BCUT2D eigenvalue weighted by Crippen LogP contribution is -2.61. The largest absolute Gasteiger partial charge is 0.429 e. The molecule has 4 nitrogen and oxygen atoms in total. The van der Waals surface area contributed by atoms with E-state index >= 15 is 0 Å². The molecule has 2 heterocycles. The molecule has 0 aromatic rings. The average Bonchev–Trinajstić information content (AvgIpc) is 3.13. The van der Waals surface area contributed by atoms with Crippen molar-refractivity contribution in [3.8, 4) is 0 Å². The fourth-order valence-corrected chi connectivity index (χ4v) is 9.19. The summed E-state index contributed by atoms with van der Waals surface area (Å²) in [5.41, 5.74) is 1.58. The van der Waals surface area contributed by atoms with Crippen LogP contribution in [0.15, 0.2) is 11.6 Å². The van der Waals surface area contributed by atoms with E-state index in [1.165, 1.54) is 44.6 Å². The van der Waals surface area contributed by atoms with Gasteiger partial charge in [-0.15, -0.1) is 0 Å². The Balaban J connectivity index is 1.48. The van der Waals surface area contributed by atoms with E-state index in [9.17, 15) is 9.90 Å². The molecule has 1 saturated heterocycles. The summed E-state index contributed by atoms with van der Waals surface area (Å²) in [6.45, 7) is 12.4. The standard InChI is InChI=1S/C25H38O4/c1-22(2)9-6-10-23(3)17(22)7-11-24(4)18(23)8-12-25(5)19(24)14-16(29-25)15-13-20(26)28-21(15)27/h13,16-19,21,27H,6-12,14H2,1-5H3/t16-,17+,18-,19+,21?,23+,24-,25+/m1/s1. The van der Waals surface area contributed by atoms with Gasteiger partial charge in [0.05, 0.1) is 11.7 Å². The molecule has 5 aliphatic rings. The van der Waals surface area contributed by atoms with Gasteiger partial charge in [-0.3, -0.25) is 0 Å². The minimum Gasteiger partial charge on any atom is -0.429 e. The van der Waals surface area contributed by atoms with Crippen LogP contribution >= 0.6 is 0 Å². The Morgan fingerprint density at radius 3 is 2.31 bits per heavy atom. The highest BCUT2D eigenvalue weighted by Crippen LogP contribution is 2.71. The smallest absolute Gasteiger partial charge is 0.333 e. The van der Waals surface area contributed by atoms with Crippen LogP contribution < -0.4 is 0 Å². The summed E-state index contributed by atoms with van der Waals surface area (Å²) < 4.78 is 11.6. The molecule has 0 amide bonds. The lowest BCUT2D eigenvalue weighted by atomic mass is 9.38. The van der Waals surface area contributed by atoms with Crippen LogP contribution in [0.2, 0.25) is 0 Å². The Morgan fingerprint density at radius 1 is 0.931 bits per heavy atom. The number of hydrogen-bond acceptors (Lipinski definition) is 4. The average molecular weight is 403 g/mol. The van der Waals surface area contributed by atoms with Crippen LogP contribution in [0.1, 0.15) is 86.0 Å². The van der Waals surface area contributed by atoms with Crippen LogP contribution in [0, 0.1) is 34.0 Å². The van der Waals surface area contributed by atoms with Crippen molar-refractivity contribution in [2.75, 3.05) is 0 Å². The van der Waals surface area contributed by atoms with Crippen molar-refractivity contribution in [1.82, 2.24) is 0 Å². The zero-order chi connectivity index (χ0) is 20.8. The monoisotopic (exact) mass is 402 g/mol. The summed E-state index contributed by atoms with van der Waals surface area (Å²) in [7, 11) is 0. The van der Waals surface area contributed by atoms with Gasteiger partial charge < -0.3 is 14.6 Å². The van der Waals surface area contributed by atoms with Gasteiger partial charge in [0.15, 0.2) is 0 Å². The maximum atomic E-state index is 11.7. The van der Waals surface area contributed by atoms with Crippen LogP contribution in [0.5, 0.6) is 0 Å². The lowest BCUT2D eigenvalue weighted by Gasteiger charge is -2.67. The van der Waals surface area contributed by atoms with E-state index in [2.05, 4.69) is 34.6 Å². The van der Waals surface area contributed by atoms with Gasteiger partial charge in [0.25, 0.3) is 0 Å². The van der Waals surface area contributed by atoms with Crippen molar-refractivity contribution < 1.29 is 19.4 Å². The Bertz CT molecular complexity index is 756. The normalized spacial score (nSPS) is 53.5. The van der Waals surface area contributed by atoms with Crippen molar-refractivity contribution in [3.05, 3.63) is 11.6 Å². The molecule has 0 radical (unpaired) electrons. The van der Waals surface area contributed by atoms with E-state index in [1.54, 1.807) is 0 Å². The van der Waals surface area contributed by atoms with Crippen LogP contribution in [0.25, 0.3) is 0 Å². The Kier molecular flexibility index (Phi) is 4.22. The molecule has 1 unspecified atom stereocenters. The summed E-state index contributed by atoms with van der Waals surface area (Å²) in [6, 6.07) is 0. The Morgan fingerprint density at radius 2 is 1.62 bits per heavy atom. The molecule has 4 fully saturated rings. The SMILES string of the molecule is CC1(C)CCC[C@]2(C)[C@H]3CC[C@]4(C)O[C@@H](C5=CC(=O)OC5O)C[C@H]4[C@]3(C)CC[C@@H]12. The number of esters is 1. The molecule has 0 aromatic carbocycles. The molecule has 0 bridgehead atoms. The molecule has 3 aliphatic carbocycles. The first-order valence-electron chi connectivity index (χ1n) is 11.8. The van der Waals surface area contributed by atoms with E-state index < -0.39 is 12.3 Å². The number of ether oxygens (including phenoxy) is 2. The van der Waals surface area contributed by atoms with Crippen LogP contribution in [-0.2, 0) is 14.3 Å². The van der Waals surface area contributed by atoms with Crippen LogP contribution in [-0.4, -0.2) is 29.1 Å². The van der Waals surface area contributed by atoms with Crippen molar-refractivity contribution in [2.45, 2.75) is 104 Å². The molecule has 8 atom stereocenters. The minimum absolute atomic E-state index is 0.171. The van der Waals surface area contributed by atoms with Crippen LogP contribution in [0.4, 0.5) is 0 Å². The third kappa shape index (κ3) is 2.67. The van der Waals surface area contributed by atoms with E-state index in [4.69, 9.17) is 9.47 Å². The van der Waals surface area contributed by atoms with E-state index in [0.29, 0.717) is 22.3 Å². The first-order valence-corrected chi connectivity index (χ1v) is 11.8. The molecule has 1 N–H and O–H groups in total. The van der Waals surface area contributed by atoms with Crippen molar-refractivity contribution >= 4 is 5.97 Å². The predicted octanol–water partition coefficient (Wildman–Crippen LogP) is 4.99. The molecule has 2 aliphatic heterocycles. The summed E-state index contributed by atoms with van der Waals surface area (Å²) in [6.07, 6.45) is 10.0. The first-order chi connectivity index (χ1) is 13.5. The lowest BCUT2D eigenvalue weighted by molar-refractivity contribution is -0.199. The summed E-state index contributed by atoms with van der Waals surface area (Å²) in [5.74, 6) is 1.56. The fourth-order valence-electron chi connectivity index (χ4n) is 9.19. The summed E-state index contributed by atoms with van der Waals surface area (Å²) in [4.78, 5) is 11.7. The molecule has 0 aromatic heterocycles. The number of fused-ring (bicyclic) bond motifs is 5. The molecular formula is C25H38O4. The van der Waals surface area contributed by atoms with E-state index in [0.717, 1.165) is 24.7 Å². The van der Waals surface area contributed by atoms with Crippen LogP contribution in [0.3, 0.4) is 0 Å². The predicted molar refractivity (Wildman–Crippen MR) is 111 cm³/mol. The summed E-state index contributed by atoms with van der Waals surface area (Å²) >= 11 is 0. The van der Waals surface area contributed by atoms with Gasteiger partial charge in [0.1, 0.15) is 0 Å². The molecule has 5 rings (SSSR count). The van der Waals surface area contributed by atoms with Crippen molar-refractivity contribution in [1.29, 1.82) is 0 Å². The molecule has 162 valence electrons. The number of carbonyl (C=O) groups is 1. The van der Waals surface area contributed by atoms with Gasteiger partial charge in [-0.25, -0.2) is 4.79 Å². The first kappa shape index (κ1) is 20.1. The van der Waals surface area contributed by atoms with Gasteiger partial charge in [0, 0.05) is 11.6 Å². The maximum absolute atomic E-state index is 11.7. The molecule has 0 spiro atoms. The highest BCUT2D eigenvalue weighted by atomic mass is 16.6. The number of hydrogen-bond donors (Lipinski definition) is 1. The zero-order valence-corrected chi connectivity index (χ0v) is 18.8. The fraction of sp³-hybridized carbons (Fsp3) is 0.880. The minimum atomic E-state index is -1.13. The topological polar surface area (TPSA) is 55.8 Å². The number of cyclic esters (lactones) is 1. The zero-order valence-electron chi connectivity index (χ0n) is 18.8. The highest BCUT2D eigenvalue weighted by molar-refractivity contribution is 5.85. The Hall–Kier alpha value is -0.870. The second-order valence-electron chi connectivity index (χ2n) is 12.2. The highest BCUT2D eigenvalue weighted by Gasteiger charge is 2.66. The van der Waals surface area contributed by atoms with Crippen molar-refractivity contribution in [3.63, 3.8) is 0 Å². The quantitative estimate of drug-likeness (QED) is 0.628. The van der Waals surface area contributed by atoms with E-state index in [1.807, 2.05) is 0 Å². The van der Waals surface area contributed by atoms with Gasteiger partial charge in [-0.05, 0) is 85.9 Å². The number of aliphatic hydroxyl groups is 1. The molecular weight excluding hydrogens is 364 g/mol. The van der Waals surface area contributed by atoms with Gasteiger partial charge in [0.2, 0.25) is 6.29 Å². The van der Waals surface area contributed by atoms with Crippen molar-refractivity contribution in [2.24, 2.45) is 34.0 Å². The third-order valence-corrected chi connectivity index (χ3v) is 10.3. The number of aliphatic hydroxyl groups excluding tert-OH is 1. The second kappa shape index (κ2) is 6.09. The van der Waals surface area contributed by atoms with Gasteiger partial charge >= 0.3 is 5.97 Å². The van der Waals surface area contributed by atoms with E-state index in [-0.39, 0.29) is 17.1 Å². The molecule has 29 heavy (non-hydrogen) atoms. The molecule has 4 heteroatoms. The van der Waals surface area contributed by atoms with Gasteiger partial charge in [-0.1, -0.05) is 34.1 Å². The third-order valence-electron chi connectivity index (χ3n) is 10.3. The van der Waals surface area contributed by atoms with Gasteiger partial charge in [-0.2, -0.15) is 0 Å². The second-order valence-corrected chi connectivity index (χ2v) is 12.2. The number of rotatable bonds is 1.